The first-order chi connectivity index (χ1) is 18.2. The van der Waals surface area contributed by atoms with Gasteiger partial charge in [0.1, 0.15) is 11.6 Å². The normalized spacial score (nSPS) is 10.9. The van der Waals surface area contributed by atoms with Crippen molar-refractivity contribution in [2.24, 2.45) is 0 Å². The quantitative estimate of drug-likeness (QED) is 0.208. The summed E-state index contributed by atoms with van der Waals surface area (Å²) in [7, 11) is 3.98. The summed E-state index contributed by atoms with van der Waals surface area (Å²) in [4.78, 5) is 22.8. The minimum absolute atomic E-state index is 0.0920. The van der Waals surface area contributed by atoms with Gasteiger partial charge in [-0.05, 0) is 56.1 Å². The molecule has 12 heteroatoms. The molecule has 2 aromatic heterocycles. The van der Waals surface area contributed by atoms with E-state index >= 15 is 0 Å². The number of rotatable bonds is 10. The number of hydrogen-bond acceptors (Lipinski definition) is 7. The van der Waals surface area contributed by atoms with Crippen molar-refractivity contribution in [1.82, 2.24) is 24.6 Å². The molecule has 0 aliphatic rings. The first-order valence-electron chi connectivity index (χ1n) is 11.5. The van der Waals surface area contributed by atoms with Gasteiger partial charge in [0.15, 0.2) is 0 Å². The zero-order valence-electron chi connectivity index (χ0n) is 20.7. The fraction of sp³-hybridized carbons (Fsp3) is 0.154. The number of nitrogens with one attached hydrogen (secondary N) is 3. The number of amides is 1. The van der Waals surface area contributed by atoms with Crippen LogP contribution in [0.4, 0.5) is 33.2 Å². The standard InChI is InChI=1S/C26H25Cl2FN8O/c1-4-24(38)32-17-6-8-22(29)23(12-17)34-25-19(16-5-7-20(27)21(28)11-16)14-30-26(35-25)33-18-13-31-37(15-18)10-9-36(2)3/h4-8,11-15H,1,9-10H2,2-3H3,(H,32,38)(H2,30,33,34,35). The van der Waals surface area contributed by atoms with Crippen LogP contribution >= 0.6 is 23.2 Å². The summed E-state index contributed by atoms with van der Waals surface area (Å²) >= 11 is 12.3. The Morgan fingerprint density at radius 2 is 1.92 bits per heavy atom. The van der Waals surface area contributed by atoms with E-state index in [0.29, 0.717) is 38.4 Å². The Bertz CT molecular complexity index is 1470. The van der Waals surface area contributed by atoms with Crippen LogP contribution in [0.2, 0.25) is 10.0 Å². The van der Waals surface area contributed by atoms with E-state index in [-0.39, 0.29) is 11.6 Å². The lowest BCUT2D eigenvalue weighted by Gasteiger charge is -2.15. The maximum absolute atomic E-state index is 14.8. The van der Waals surface area contributed by atoms with Gasteiger partial charge in [-0.3, -0.25) is 9.48 Å². The van der Waals surface area contributed by atoms with E-state index in [4.69, 9.17) is 23.2 Å². The Kier molecular flexibility index (Phi) is 8.57. The lowest BCUT2D eigenvalue weighted by molar-refractivity contribution is -0.111. The molecule has 196 valence electrons. The summed E-state index contributed by atoms with van der Waals surface area (Å²) in [6, 6.07) is 9.23. The molecule has 0 atom stereocenters. The van der Waals surface area contributed by atoms with Crippen molar-refractivity contribution < 1.29 is 9.18 Å². The molecule has 0 aliphatic heterocycles. The molecule has 0 fully saturated rings. The molecule has 0 unspecified atom stereocenters. The number of aromatic nitrogens is 4. The molecule has 9 nitrogen and oxygen atoms in total. The molecule has 0 saturated carbocycles. The van der Waals surface area contributed by atoms with Crippen LogP contribution in [0.5, 0.6) is 0 Å². The molecule has 0 saturated heterocycles. The van der Waals surface area contributed by atoms with Crippen LogP contribution in [0.15, 0.2) is 67.6 Å². The third-order valence-electron chi connectivity index (χ3n) is 5.36. The van der Waals surface area contributed by atoms with Gasteiger partial charge in [-0.15, -0.1) is 0 Å². The number of anilines is 5. The summed E-state index contributed by atoms with van der Waals surface area (Å²) in [5.41, 5.74) is 2.39. The number of nitrogens with zero attached hydrogens (tertiary/aromatic N) is 5. The van der Waals surface area contributed by atoms with Crippen LogP contribution < -0.4 is 16.0 Å². The highest BCUT2D eigenvalue weighted by atomic mass is 35.5. The molecule has 0 spiro atoms. The SMILES string of the molecule is C=CC(=O)Nc1ccc(F)c(Nc2nc(Nc3cnn(CCN(C)C)c3)ncc2-c2ccc(Cl)c(Cl)c2)c1. The van der Waals surface area contributed by atoms with E-state index in [1.165, 1.54) is 18.2 Å². The van der Waals surface area contributed by atoms with Gasteiger partial charge in [-0.25, -0.2) is 9.37 Å². The zero-order valence-corrected chi connectivity index (χ0v) is 22.2. The molecule has 2 heterocycles. The average molecular weight is 555 g/mol. The Morgan fingerprint density at radius 1 is 1.11 bits per heavy atom. The van der Waals surface area contributed by atoms with Crippen LogP contribution in [0.3, 0.4) is 0 Å². The molecular formula is C26H25Cl2FN8O. The van der Waals surface area contributed by atoms with Crippen molar-refractivity contribution in [2.75, 3.05) is 36.6 Å². The lowest BCUT2D eigenvalue weighted by Crippen LogP contribution is -2.18. The molecule has 4 aromatic rings. The van der Waals surface area contributed by atoms with Gasteiger partial charge in [0.05, 0.1) is 34.2 Å². The van der Waals surface area contributed by atoms with Gasteiger partial charge in [-0.2, -0.15) is 10.1 Å². The molecule has 2 aromatic carbocycles. The lowest BCUT2D eigenvalue weighted by atomic mass is 10.1. The Morgan fingerprint density at radius 3 is 2.66 bits per heavy atom. The van der Waals surface area contributed by atoms with Crippen LogP contribution in [0, 0.1) is 5.82 Å². The maximum atomic E-state index is 14.8. The highest BCUT2D eigenvalue weighted by molar-refractivity contribution is 6.42. The Labute approximate surface area is 229 Å². The summed E-state index contributed by atoms with van der Waals surface area (Å²) in [6.45, 7) is 4.99. The molecule has 0 aliphatic carbocycles. The van der Waals surface area contributed by atoms with Crippen LogP contribution in [-0.2, 0) is 11.3 Å². The summed E-state index contributed by atoms with van der Waals surface area (Å²) in [5.74, 6) is -0.400. The second-order valence-corrected chi connectivity index (χ2v) is 9.33. The predicted octanol–water partition coefficient (Wildman–Crippen LogP) is 5.96. The van der Waals surface area contributed by atoms with Gasteiger partial charge < -0.3 is 20.9 Å². The van der Waals surface area contributed by atoms with Crippen LogP contribution in [0.25, 0.3) is 11.1 Å². The number of benzene rings is 2. The number of halogens is 3. The summed E-state index contributed by atoms with van der Waals surface area (Å²) < 4.78 is 16.6. The average Bonchev–Trinajstić information content (AvgIpc) is 3.34. The number of carbonyl (C=O) groups is 1. The van der Waals surface area contributed by atoms with Gasteiger partial charge in [0.25, 0.3) is 0 Å². The molecule has 0 radical (unpaired) electrons. The maximum Gasteiger partial charge on any atom is 0.247 e. The van der Waals surface area contributed by atoms with E-state index in [1.807, 2.05) is 25.0 Å². The highest BCUT2D eigenvalue weighted by Crippen LogP contribution is 2.34. The molecule has 3 N–H and O–H groups in total. The third kappa shape index (κ3) is 6.86. The van der Waals surface area contributed by atoms with E-state index in [1.54, 1.807) is 30.6 Å². The molecule has 0 bridgehead atoms. The molecule has 38 heavy (non-hydrogen) atoms. The largest absolute Gasteiger partial charge is 0.337 e. The van der Waals surface area contributed by atoms with E-state index in [0.717, 1.165) is 19.2 Å². The predicted molar refractivity (Wildman–Crippen MR) is 150 cm³/mol. The van der Waals surface area contributed by atoms with Crippen molar-refractivity contribution in [2.45, 2.75) is 6.54 Å². The van der Waals surface area contributed by atoms with E-state index in [2.05, 4.69) is 42.5 Å². The second kappa shape index (κ2) is 12.0. The monoisotopic (exact) mass is 554 g/mol. The second-order valence-electron chi connectivity index (χ2n) is 8.52. The minimum Gasteiger partial charge on any atom is -0.337 e. The molecule has 1 amide bonds. The Hall–Kier alpha value is -3.99. The Balaban J connectivity index is 1.68. The van der Waals surface area contributed by atoms with Gasteiger partial charge in [0.2, 0.25) is 11.9 Å². The number of likely N-dealkylation sites (N-methyl/N-ethyl adjacent to an activating group) is 1. The smallest absolute Gasteiger partial charge is 0.247 e. The number of hydrogen-bond donors (Lipinski definition) is 3. The highest BCUT2D eigenvalue weighted by Gasteiger charge is 2.15. The van der Waals surface area contributed by atoms with Gasteiger partial charge >= 0.3 is 0 Å². The molecule has 4 rings (SSSR count). The molecular weight excluding hydrogens is 530 g/mol. The first kappa shape index (κ1) is 27.1. The van der Waals surface area contributed by atoms with Crippen LogP contribution in [-0.4, -0.2) is 51.2 Å². The van der Waals surface area contributed by atoms with E-state index < -0.39 is 11.7 Å². The van der Waals surface area contributed by atoms with Crippen molar-refractivity contribution in [3.8, 4) is 11.1 Å². The van der Waals surface area contributed by atoms with Gasteiger partial charge in [0, 0.05) is 30.2 Å². The van der Waals surface area contributed by atoms with Crippen LogP contribution in [0.1, 0.15) is 0 Å². The summed E-state index contributed by atoms with van der Waals surface area (Å²) in [5, 5.41) is 13.9. The van der Waals surface area contributed by atoms with Crippen molar-refractivity contribution >= 4 is 57.9 Å². The minimum atomic E-state index is -0.544. The van der Waals surface area contributed by atoms with E-state index in [9.17, 15) is 9.18 Å². The van der Waals surface area contributed by atoms with Gasteiger partial charge in [-0.1, -0.05) is 35.8 Å². The van der Waals surface area contributed by atoms with Crippen molar-refractivity contribution in [3.05, 3.63) is 83.5 Å². The zero-order chi connectivity index (χ0) is 27.2. The first-order valence-corrected chi connectivity index (χ1v) is 12.2. The van der Waals surface area contributed by atoms with Crippen molar-refractivity contribution in [1.29, 1.82) is 0 Å². The third-order valence-corrected chi connectivity index (χ3v) is 6.10. The fourth-order valence-electron chi connectivity index (χ4n) is 3.41. The van der Waals surface area contributed by atoms with Crippen molar-refractivity contribution in [3.63, 3.8) is 0 Å². The fourth-order valence-corrected chi connectivity index (χ4v) is 3.71. The topological polar surface area (TPSA) is 100 Å². The number of carbonyl (C=O) groups excluding carboxylic acids is 1. The summed E-state index contributed by atoms with van der Waals surface area (Å²) in [6.07, 6.45) is 6.24.